The van der Waals surface area contributed by atoms with Crippen molar-refractivity contribution >= 4 is 29.0 Å². The number of halogens is 1. The molecular formula is C27H27FN2O. The van der Waals surface area contributed by atoms with E-state index in [0.29, 0.717) is 11.1 Å². The van der Waals surface area contributed by atoms with E-state index < -0.39 is 5.91 Å². The van der Waals surface area contributed by atoms with Gasteiger partial charge in [0.25, 0.3) is 0 Å². The minimum atomic E-state index is -0.514. The van der Waals surface area contributed by atoms with Crippen molar-refractivity contribution < 1.29 is 9.18 Å². The van der Waals surface area contributed by atoms with Crippen LogP contribution >= 0.6 is 0 Å². The van der Waals surface area contributed by atoms with Gasteiger partial charge in [-0.1, -0.05) is 30.9 Å². The molecular weight excluding hydrogens is 387 g/mol. The molecule has 2 N–H and O–H groups in total. The fraction of sp³-hybridized carbons (Fsp3) is 0.148. The zero-order valence-corrected chi connectivity index (χ0v) is 18.4. The van der Waals surface area contributed by atoms with Gasteiger partial charge in [-0.25, -0.2) is 4.39 Å². The summed E-state index contributed by atoms with van der Waals surface area (Å²) in [6.45, 7) is 10.9. The van der Waals surface area contributed by atoms with Crippen molar-refractivity contribution in [2.24, 2.45) is 10.7 Å². The molecule has 0 aromatic heterocycles. The van der Waals surface area contributed by atoms with Crippen LogP contribution in [0.15, 0.2) is 83.6 Å². The molecule has 0 aliphatic heterocycles. The van der Waals surface area contributed by atoms with E-state index in [2.05, 4.69) is 17.3 Å². The number of benzene rings is 2. The number of nitrogens with zero attached hydrogens (tertiary/aromatic N) is 1. The predicted octanol–water partition coefficient (Wildman–Crippen LogP) is 6.40. The highest BCUT2D eigenvalue weighted by molar-refractivity contribution is 6.09. The molecule has 31 heavy (non-hydrogen) atoms. The summed E-state index contributed by atoms with van der Waals surface area (Å²) in [6, 6.07) is 10.8. The molecule has 158 valence electrons. The highest BCUT2D eigenvalue weighted by Gasteiger charge is 2.14. The minimum absolute atomic E-state index is 0.261. The molecule has 0 spiro atoms. The van der Waals surface area contributed by atoms with E-state index in [4.69, 9.17) is 5.73 Å². The Labute approximate surface area is 183 Å². The van der Waals surface area contributed by atoms with Crippen molar-refractivity contribution in [1.29, 1.82) is 0 Å². The molecule has 1 amide bonds. The Morgan fingerprint density at radius 2 is 1.68 bits per heavy atom. The molecule has 0 aliphatic carbocycles. The molecule has 4 heteroatoms. The quantitative estimate of drug-likeness (QED) is 0.242. The van der Waals surface area contributed by atoms with Crippen LogP contribution in [0.3, 0.4) is 0 Å². The maximum atomic E-state index is 13.9. The first kappa shape index (κ1) is 23.5. The standard InChI is InChI=1S/C27H27FN2O/c1-6-9-14-30-26-13-11-22(16-19(26)5)24(17-20(7-2)27(29)31)23(8-3)21-10-12-25(28)18(4)15-21/h7-17H,1H2,2-5H3,(H2,29,31). The second kappa shape index (κ2) is 10.9. The molecule has 0 heterocycles. The van der Waals surface area contributed by atoms with Crippen LogP contribution in [0.5, 0.6) is 0 Å². The lowest BCUT2D eigenvalue weighted by molar-refractivity contribution is -0.114. The molecule has 2 rings (SSSR count). The van der Waals surface area contributed by atoms with E-state index >= 15 is 0 Å². The maximum Gasteiger partial charge on any atom is 0.248 e. The first-order chi connectivity index (χ1) is 14.8. The Kier molecular flexibility index (Phi) is 8.25. The second-order valence-corrected chi connectivity index (χ2v) is 6.98. The molecule has 0 unspecified atom stereocenters. The fourth-order valence-corrected chi connectivity index (χ4v) is 3.20. The van der Waals surface area contributed by atoms with Crippen LogP contribution in [-0.4, -0.2) is 12.1 Å². The summed E-state index contributed by atoms with van der Waals surface area (Å²) in [4.78, 5) is 16.3. The number of primary amides is 1. The van der Waals surface area contributed by atoms with Crippen molar-refractivity contribution in [2.75, 3.05) is 0 Å². The van der Waals surface area contributed by atoms with Gasteiger partial charge in [0.15, 0.2) is 0 Å². The fourth-order valence-electron chi connectivity index (χ4n) is 3.20. The third-order valence-electron chi connectivity index (χ3n) is 4.86. The summed E-state index contributed by atoms with van der Waals surface area (Å²) in [5.74, 6) is -0.775. The molecule has 0 saturated heterocycles. The van der Waals surface area contributed by atoms with Gasteiger partial charge in [0.05, 0.1) is 5.69 Å². The number of hydrogen-bond acceptors (Lipinski definition) is 2. The Morgan fingerprint density at radius 1 is 1.03 bits per heavy atom. The zero-order valence-electron chi connectivity index (χ0n) is 18.4. The Morgan fingerprint density at radius 3 is 2.23 bits per heavy atom. The molecule has 2 aromatic rings. The molecule has 2 aromatic carbocycles. The van der Waals surface area contributed by atoms with E-state index in [0.717, 1.165) is 33.5 Å². The number of amides is 1. The highest BCUT2D eigenvalue weighted by Crippen LogP contribution is 2.35. The van der Waals surface area contributed by atoms with E-state index in [1.165, 1.54) is 6.07 Å². The summed E-state index contributed by atoms with van der Waals surface area (Å²) < 4.78 is 13.9. The highest BCUT2D eigenvalue weighted by atomic mass is 19.1. The van der Waals surface area contributed by atoms with Gasteiger partial charge < -0.3 is 5.73 Å². The van der Waals surface area contributed by atoms with E-state index in [1.54, 1.807) is 50.4 Å². The van der Waals surface area contributed by atoms with Crippen LogP contribution in [0.2, 0.25) is 0 Å². The molecule has 0 radical (unpaired) electrons. The van der Waals surface area contributed by atoms with Crippen molar-refractivity contribution in [2.45, 2.75) is 27.7 Å². The van der Waals surface area contributed by atoms with Gasteiger partial charge in [0.2, 0.25) is 5.91 Å². The van der Waals surface area contributed by atoms with Crippen molar-refractivity contribution in [3.63, 3.8) is 0 Å². The first-order valence-electron chi connectivity index (χ1n) is 9.92. The Hall–Kier alpha value is -3.75. The number of carbonyl (C=O) groups is 1. The topological polar surface area (TPSA) is 55.4 Å². The molecule has 0 bridgehead atoms. The number of aliphatic imine (C=N–C) groups is 1. The SMILES string of the molecule is C=C=CC=Nc1ccc(C(=CC(=CC)C(N)=O)C(=CC)c2ccc(F)c(C)c2)cc1C. The average Bonchev–Trinajstić information content (AvgIpc) is 2.74. The van der Waals surface area contributed by atoms with Crippen LogP contribution in [0.25, 0.3) is 11.1 Å². The second-order valence-electron chi connectivity index (χ2n) is 6.98. The third-order valence-corrected chi connectivity index (χ3v) is 4.86. The normalized spacial score (nSPS) is 12.7. The number of rotatable bonds is 7. The predicted molar refractivity (Wildman–Crippen MR) is 129 cm³/mol. The first-order valence-corrected chi connectivity index (χ1v) is 9.92. The molecule has 3 nitrogen and oxygen atoms in total. The van der Waals surface area contributed by atoms with Crippen molar-refractivity contribution in [3.8, 4) is 0 Å². The summed E-state index contributed by atoms with van der Waals surface area (Å²) in [6.07, 6.45) is 8.67. The van der Waals surface area contributed by atoms with E-state index in [1.807, 2.05) is 38.1 Å². The molecule has 0 saturated carbocycles. The number of aryl methyl sites for hydroxylation is 2. The molecule has 0 atom stereocenters. The van der Waals surface area contributed by atoms with Gasteiger partial charge in [0.1, 0.15) is 5.82 Å². The Balaban J connectivity index is 2.70. The lowest BCUT2D eigenvalue weighted by Gasteiger charge is -2.16. The lowest BCUT2D eigenvalue weighted by Crippen LogP contribution is -2.12. The van der Waals surface area contributed by atoms with Gasteiger partial charge in [-0.3, -0.25) is 9.79 Å². The lowest BCUT2D eigenvalue weighted by atomic mass is 9.89. The zero-order chi connectivity index (χ0) is 23.0. The number of nitrogens with two attached hydrogens (primary N) is 1. The number of allylic oxidation sites excluding steroid dienone is 5. The van der Waals surface area contributed by atoms with Gasteiger partial charge in [0, 0.05) is 11.8 Å². The molecule has 0 fully saturated rings. The number of carbonyl (C=O) groups excluding carboxylic acids is 1. The van der Waals surface area contributed by atoms with Gasteiger partial charge in [-0.15, -0.1) is 5.73 Å². The van der Waals surface area contributed by atoms with Crippen LogP contribution < -0.4 is 5.73 Å². The summed E-state index contributed by atoms with van der Waals surface area (Å²) in [7, 11) is 0. The van der Waals surface area contributed by atoms with Crippen LogP contribution in [0.1, 0.15) is 36.1 Å². The van der Waals surface area contributed by atoms with Crippen molar-refractivity contribution in [1.82, 2.24) is 0 Å². The van der Waals surface area contributed by atoms with Gasteiger partial charge >= 0.3 is 0 Å². The van der Waals surface area contributed by atoms with E-state index in [-0.39, 0.29) is 5.82 Å². The third kappa shape index (κ3) is 5.88. The van der Waals surface area contributed by atoms with Gasteiger partial charge in [-0.05, 0) is 97.5 Å². The van der Waals surface area contributed by atoms with Crippen LogP contribution in [-0.2, 0) is 4.79 Å². The largest absolute Gasteiger partial charge is 0.366 e. The van der Waals surface area contributed by atoms with Crippen LogP contribution in [0.4, 0.5) is 10.1 Å². The Bertz CT molecular complexity index is 1160. The smallest absolute Gasteiger partial charge is 0.248 e. The summed E-state index contributed by atoms with van der Waals surface area (Å²) in [5.41, 5.74) is 14.4. The summed E-state index contributed by atoms with van der Waals surface area (Å²) in [5, 5.41) is 0. The van der Waals surface area contributed by atoms with E-state index in [9.17, 15) is 9.18 Å². The minimum Gasteiger partial charge on any atom is -0.366 e. The van der Waals surface area contributed by atoms with Gasteiger partial charge in [-0.2, -0.15) is 0 Å². The summed E-state index contributed by atoms with van der Waals surface area (Å²) >= 11 is 0. The monoisotopic (exact) mass is 414 g/mol. The van der Waals surface area contributed by atoms with Crippen LogP contribution in [0, 0.1) is 19.7 Å². The number of hydrogen-bond donors (Lipinski definition) is 1. The molecule has 0 aliphatic rings. The van der Waals surface area contributed by atoms with Crippen molar-refractivity contribution in [3.05, 3.63) is 107 Å². The maximum absolute atomic E-state index is 13.9. The average molecular weight is 415 g/mol.